The molecule has 1 aromatic rings. The number of aliphatic hydroxyl groups excluding tert-OH is 1. The van der Waals surface area contributed by atoms with Gasteiger partial charge in [-0.1, -0.05) is 13.8 Å². The summed E-state index contributed by atoms with van der Waals surface area (Å²) in [4.78, 5) is 0. The molecule has 2 N–H and O–H groups in total. The average Bonchev–Trinajstić information content (AvgIpc) is 2.51. The molecular formula is C13H23NO2. The summed E-state index contributed by atoms with van der Waals surface area (Å²) < 4.78 is 5.46. The fourth-order valence-corrected chi connectivity index (χ4v) is 1.90. The molecule has 92 valence electrons. The second kappa shape index (κ2) is 6.06. The highest BCUT2D eigenvalue weighted by Crippen LogP contribution is 2.14. The number of hydrogen-bond acceptors (Lipinski definition) is 3. The highest BCUT2D eigenvalue weighted by Gasteiger charge is 2.11. The number of nitrogens with one attached hydrogen (secondary N) is 1. The summed E-state index contributed by atoms with van der Waals surface area (Å²) in [6.45, 7) is 9.21. The van der Waals surface area contributed by atoms with Crippen LogP contribution in [0.5, 0.6) is 0 Å². The van der Waals surface area contributed by atoms with Crippen molar-refractivity contribution in [3.63, 3.8) is 0 Å². The Morgan fingerprint density at radius 3 is 2.50 bits per heavy atom. The zero-order valence-electron chi connectivity index (χ0n) is 10.7. The predicted octanol–water partition coefficient (Wildman–Crippen LogP) is 2.39. The van der Waals surface area contributed by atoms with Gasteiger partial charge in [0.1, 0.15) is 11.5 Å². The predicted molar refractivity (Wildman–Crippen MR) is 65.4 cm³/mol. The monoisotopic (exact) mass is 225 g/mol. The number of rotatable bonds is 6. The summed E-state index contributed by atoms with van der Waals surface area (Å²) in [5.74, 6) is 2.50. The van der Waals surface area contributed by atoms with Gasteiger partial charge in [-0.3, -0.25) is 0 Å². The Balaban J connectivity index is 2.46. The van der Waals surface area contributed by atoms with Crippen LogP contribution in [-0.4, -0.2) is 17.8 Å². The quantitative estimate of drug-likeness (QED) is 0.781. The molecule has 0 aliphatic rings. The molecule has 0 spiro atoms. The summed E-state index contributed by atoms with van der Waals surface area (Å²) in [5, 5.41) is 12.6. The van der Waals surface area contributed by atoms with Crippen molar-refractivity contribution in [1.29, 1.82) is 0 Å². The first kappa shape index (κ1) is 13.3. The van der Waals surface area contributed by atoms with Gasteiger partial charge < -0.3 is 14.8 Å². The van der Waals surface area contributed by atoms with Gasteiger partial charge in [-0.05, 0) is 32.3 Å². The molecule has 0 bridgehead atoms. The van der Waals surface area contributed by atoms with Crippen LogP contribution in [0.25, 0.3) is 0 Å². The van der Waals surface area contributed by atoms with Crippen LogP contribution >= 0.6 is 0 Å². The molecule has 16 heavy (non-hydrogen) atoms. The van der Waals surface area contributed by atoms with E-state index in [-0.39, 0.29) is 12.6 Å². The van der Waals surface area contributed by atoms with E-state index >= 15 is 0 Å². The van der Waals surface area contributed by atoms with Gasteiger partial charge in [-0.2, -0.15) is 0 Å². The van der Waals surface area contributed by atoms with Gasteiger partial charge in [0.15, 0.2) is 0 Å². The molecule has 0 saturated heterocycles. The molecule has 3 nitrogen and oxygen atoms in total. The Kier molecular flexibility index (Phi) is 5.03. The molecule has 1 heterocycles. The minimum Gasteiger partial charge on any atom is -0.466 e. The molecule has 0 aliphatic heterocycles. The molecule has 1 rings (SSSR count). The molecule has 1 unspecified atom stereocenters. The molecular weight excluding hydrogens is 202 g/mol. The maximum Gasteiger partial charge on any atom is 0.105 e. The number of hydrogen-bond donors (Lipinski definition) is 2. The van der Waals surface area contributed by atoms with Crippen LogP contribution in [-0.2, 0) is 6.54 Å². The molecule has 0 fully saturated rings. The molecule has 0 aliphatic carbocycles. The van der Waals surface area contributed by atoms with Gasteiger partial charge in [-0.15, -0.1) is 0 Å². The van der Waals surface area contributed by atoms with E-state index in [1.165, 1.54) is 5.56 Å². The van der Waals surface area contributed by atoms with Crippen molar-refractivity contribution in [2.24, 2.45) is 5.92 Å². The van der Waals surface area contributed by atoms with E-state index in [4.69, 9.17) is 4.42 Å². The minimum atomic E-state index is 0.176. The fourth-order valence-electron chi connectivity index (χ4n) is 1.90. The fraction of sp³-hybridized carbons (Fsp3) is 0.692. The van der Waals surface area contributed by atoms with Crippen molar-refractivity contribution < 1.29 is 9.52 Å². The van der Waals surface area contributed by atoms with Gasteiger partial charge in [0.05, 0.1) is 6.61 Å². The average molecular weight is 225 g/mol. The van der Waals surface area contributed by atoms with Gasteiger partial charge in [0, 0.05) is 18.2 Å². The van der Waals surface area contributed by atoms with Gasteiger partial charge >= 0.3 is 0 Å². The van der Waals surface area contributed by atoms with E-state index in [2.05, 4.69) is 19.2 Å². The first-order valence-corrected chi connectivity index (χ1v) is 5.93. The second-order valence-electron chi connectivity index (χ2n) is 4.83. The van der Waals surface area contributed by atoms with Crippen LogP contribution in [0.2, 0.25) is 0 Å². The van der Waals surface area contributed by atoms with Crippen molar-refractivity contribution in [3.8, 4) is 0 Å². The molecule has 0 aromatic carbocycles. The minimum absolute atomic E-state index is 0.176. The van der Waals surface area contributed by atoms with Crippen molar-refractivity contribution in [1.82, 2.24) is 5.32 Å². The topological polar surface area (TPSA) is 45.4 Å². The van der Waals surface area contributed by atoms with E-state index in [1.807, 2.05) is 19.9 Å². The summed E-state index contributed by atoms with van der Waals surface area (Å²) in [6, 6.07) is 2.22. The Labute approximate surface area is 97.9 Å². The molecule has 0 amide bonds. The van der Waals surface area contributed by atoms with E-state index in [0.717, 1.165) is 24.5 Å². The van der Waals surface area contributed by atoms with E-state index < -0.39 is 0 Å². The lowest BCUT2D eigenvalue weighted by Crippen LogP contribution is -2.33. The maximum atomic E-state index is 9.24. The third kappa shape index (κ3) is 3.99. The largest absolute Gasteiger partial charge is 0.466 e. The Bertz CT molecular complexity index is 318. The van der Waals surface area contributed by atoms with Crippen molar-refractivity contribution in [3.05, 3.63) is 23.2 Å². The number of furan rings is 1. The van der Waals surface area contributed by atoms with Crippen molar-refractivity contribution in [2.45, 2.75) is 46.7 Å². The summed E-state index contributed by atoms with van der Waals surface area (Å²) in [6.07, 6.45) is 0.992. The molecule has 3 heteroatoms. The summed E-state index contributed by atoms with van der Waals surface area (Å²) in [5.41, 5.74) is 1.18. The van der Waals surface area contributed by atoms with Gasteiger partial charge in [0.2, 0.25) is 0 Å². The standard InChI is InChI=1S/C13H23NO2/c1-9(2)5-13(8-15)14-7-12-6-10(3)16-11(12)4/h6,9,13-15H,5,7-8H2,1-4H3. The normalized spacial score (nSPS) is 13.4. The van der Waals surface area contributed by atoms with E-state index in [9.17, 15) is 5.11 Å². The lowest BCUT2D eigenvalue weighted by atomic mass is 10.0. The third-order valence-corrected chi connectivity index (χ3v) is 2.70. The Morgan fingerprint density at radius 2 is 2.06 bits per heavy atom. The van der Waals surface area contributed by atoms with Crippen LogP contribution in [0.4, 0.5) is 0 Å². The van der Waals surface area contributed by atoms with Crippen molar-refractivity contribution >= 4 is 0 Å². The molecule has 0 radical (unpaired) electrons. The number of aryl methyl sites for hydroxylation is 2. The number of aliphatic hydroxyl groups is 1. The van der Waals surface area contributed by atoms with Crippen LogP contribution in [0.3, 0.4) is 0 Å². The molecule has 1 aromatic heterocycles. The van der Waals surface area contributed by atoms with Gasteiger partial charge in [-0.25, -0.2) is 0 Å². The van der Waals surface area contributed by atoms with Crippen molar-refractivity contribution in [2.75, 3.05) is 6.61 Å². The van der Waals surface area contributed by atoms with Gasteiger partial charge in [0.25, 0.3) is 0 Å². The van der Waals surface area contributed by atoms with Crippen LogP contribution in [0.15, 0.2) is 10.5 Å². The Hall–Kier alpha value is -0.800. The molecule has 0 saturated carbocycles. The van der Waals surface area contributed by atoms with Crippen LogP contribution < -0.4 is 5.32 Å². The van der Waals surface area contributed by atoms with E-state index in [0.29, 0.717) is 5.92 Å². The molecule has 1 atom stereocenters. The van der Waals surface area contributed by atoms with Crippen LogP contribution in [0, 0.1) is 19.8 Å². The highest BCUT2D eigenvalue weighted by atomic mass is 16.3. The summed E-state index contributed by atoms with van der Waals surface area (Å²) in [7, 11) is 0. The first-order chi connectivity index (χ1) is 7.52. The SMILES string of the molecule is Cc1cc(CNC(CO)CC(C)C)c(C)o1. The van der Waals surface area contributed by atoms with Crippen LogP contribution in [0.1, 0.15) is 37.4 Å². The lowest BCUT2D eigenvalue weighted by molar-refractivity contribution is 0.223. The smallest absolute Gasteiger partial charge is 0.105 e. The zero-order chi connectivity index (χ0) is 12.1. The van der Waals surface area contributed by atoms with E-state index in [1.54, 1.807) is 0 Å². The maximum absolute atomic E-state index is 9.24. The lowest BCUT2D eigenvalue weighted by Gasteiger charge is -2.17. The highest BCUT2D eigenvalue weighted by molar-refractivity contribution is 5.19. The first-order valence-electron chi connectivity index (χ1n) is 5.93. The third-order valence-electron chi connectivity index (χ3n) is 2.70. The Morgan fingerprint density at radius 1 is 1.38 bits per heavy atom. The second-order valence-corrected chi connectivity index (χ2v) is 4.83. The zero-order valence-corrected chi connectivity index (χ0v) is 10.7. The summed E-state index contributed by atoms with van der Waals surface area (Å²) >= 11 is 0.